The SMILES string of the molecule is C[C@H](C(=O)Nc1nncs1)N1Cc2ccc(-c3ccc4[nH]ccc4c3)cc2C1=O. The smallest absolute Gasteiger partial charge is 0.255 e. The highest BCUT2D eigenvalue weighted by Gasteiger charge is 2.34. The molecule has 5 rings (SSSR count). The summed E-state index contributed by atoms with van der Waals surface area (Å²) < 4.78 is 0. The average molecular weight is 403 g/mol. The van der Waals surface area contributed by atoms with Crippen LogP contribution in [0.5, 0.6) is 0 Å². The minimum Gasteiger partial charge on any atom is -0.361 e. The first-order valence-electron chi connectivity index (χ1n) is 9.18. The van der Waals surface area contributed by atoms with Crippen LogP contribution in [0.25, 0.3) is 22.0 Å². The van der Waals surface area contributed by atoms with Crippen LogP contribution in [0.15, 0.2) is 54.2 Å². The fourth-order valence-electron chi connectivity index (χ4n) is 3.63. The highest BCUT2D eigenvalue weighted by Crippen LogP contribution is 2.31. The van der Waals surface area contributed by atoms with Crippen molar-refractivity contribution in [3.63, 3.8) is 0 Å². The van der Waals surface area contributed by atoms with Crippen LogP contribution in [-0.4, -0.2) is 37.9 Å². The fourth-order valence-corrected chi connectivity index (χ4v) is 4.08. The lowest BCUT2D eigenvalue weighted by Gasteiger charge is -2.22. The van der Waals surface area contributed by atoms with Crippen molar-refractivity contribution in [3.8, 4) is 11.1 Å². The van der Waals surface area contributed by atoms with Gasteiger partial charge in [-0.3, -0.25) is 14.9 Å². The van der Waals surface area contributed by atoms with E-state index in [0.29, 0.717) is 17.2 Å². The Bertz CT molecular complexity index is 1230. The van der Waals surface area contributed by atoms with E-state index in [-0.39, 0.29) is 11.8 Å². The minimum absolute atomic E-state index is 0.135. The molecule has 144 valence electrons. The zero-order chi connectivity index (χ0) is 20.0. The molecule has 0 aliphatic carbocycles. The molecule has 8 heteroatoms. The van der Waals surface area contributed by atoms with Crippen LogP contribution in [0.2, 0.25) is 0 Å². The number of aromatic nitrogens is 3. The quantitative estimate of drug-likeness (QED) is 0.544. The van der Waals surface area contributed by atoms with E-state index >= 15 is 0 Å². The first kappa shape index (κ1) is 17.6. The fraction of sp³-hybridized carbons (Fsp3) is 0.143. The number of carbonyl (C=O) groups excluding carboxylic acids is 2. The second-order valence-corrected chi connectivity index (χ2v) is 7.83. The number of rotatable bonds is 4. The first-order valence-corrected chi connectivity index (χ1v) is 10.1. The molecular formula is C21H17N5O2S. The lowest BCUT2D eigenvalue weighted by Crippen LogP contribution is -2.42. The first-order chi connectivity index (χ1) is 14.1. The number of nitrogens with one attached hydrogen (secondary N) is 2. The van der Waals surface area contributed by atoms with Crippen molar-refractivity contribution >= 4 is 39.2 Å². The van der Waals surface area contributed by atoms with Gasteiger partial charge in [-0.05, 0) is 53.3 Å². The third-order valence-corrected chi connectivity index (χ3v) is 5.87. The van der Waals surface area contributed by atoms with Gasteiger partial charge in [-0.15, -0.1) is 10.2 Å². The molecule has 0 saturated carbocycles. The number of fused-ring (bicyclic) bond motifs is 2. The average Bonchev–Trinajstić information content (AvgIpc) is 3.47. The van der Waals surface area contributed by atoms with Gasteiger partial charge in [-0.25, -0.2) is 0 Å². The lowest BCUT2D eigenvalue weighted by molar-refractivity contribution is -0.120. The maximum Gasteiger partial charge on any atom is 0.255 e. The van der Waals surface area contributed by atoms with Gasteiger partial charge in [0.2, 0.25) is 11.0 Å². The molecule has 3 heterocycles. The van der Waals surface area contributed by atoms with Gasteiger partial charge in [-0.1, -0.05) is 29.5 Å². The van der Waals surface area contributed by atoms with Crippen LogP contribution < -0.4 is 5.32 Å². The molecule has 1 aliphatic rings. The molecule has 4 aromatic rings. The van der Waals surface area contributed by atoms with Gasteiger partial charge < -0.3 is 9.88 Å². The number of aromatic amines is 1. The molecule has 2 amide bonds. The summed E-state index contributed by atoms with van der Waals surface area (Å²) >= 11 is 1.24. The van der Waals surface area contributed by atoms with Gasteiger partial charge in [0, 0.05) is 23.8 Å². The summed E-state index contributed by atoms with van der Waals surface area (Å²) in [5.74, 6) is -0.412. The number of hydrogen-bond acceptors (Lipinski definition) is 5. The Morgan fingerprint density at radius 2 is 2.03 bits per heavy atom. The molecule has 0 saturated heterocycles. The number of amides is 2. The zero-order valence-corrected chi connectivity index (χ0v) is 16.4. The Morgan fingerprint density at radius 3 is 2.86 bits per heavy atom. The molecule has 7 nitrogen and oxygen atoms in total. The molecule has 29 heavy (non-hydrogen) atoms. The van der Waals surface area contributed by atoms with Crippen LogP contribution in [-0.2, 0) is 11.3 Å². The number of anilines is 1. The third kappa shape index (κ3) is 3.07. The van der Waals surface area contributed by atoms with Crippen LogP contribution in [0.1, 0.15) is 22.8 Å². The highest BCUT2D eigenvalue weighted by molar-refractivity contribution is 7.13. The van der Waals surface area contributed by atoms with Gasteiger partial charge in [-0.2, -0.15) is 0 Å². The van der Waals surface area contributed by atoms with E-state index in [2.05, 4.69) is 26.6 Å². The summed E-state index contributed by atoms with van der Waals surface area (Å²) in [7, 11) is 0. The molecule has 2 aromatic carbocycles. The van der Waals surface area contributed by atoms with E-state index in [4.69, 9.17) is 0 Å². The predicted molar refractivity (Wildman–Crippen MR) is 112 cm³/mol. The van der Waals surface area contributed by atoms with E-state index in [1.54, 1.807) is 17.3 Å². The lowest BCUT2D eigenvalue weighted by atomic mass is 9.99. The summed E-state index contributed by atoms with van der Waals surface area (Å²) in [5.41, 5.74) is 6.22. The van der Waals surface area contributed by atoms with Gasteiger partial charge in [0.15, 0.2) is 0 Å². The van der Waals surface area contributed by atoms with Gasteiger partial charge in [0.25, 0.3) is 5.91 Å². The molecule has 1 atom stereocenters. The Balaban J connectivity index is 1.40. The van der Waals surface area contributed by atoms with Crippen molar-refractivity contribution < 1.29 is 9.59 Å². The topological polar surface area (TPSA) is 91.0 Å². The standard InChI is InChI=1S/C21H17N5O2S/c1-12(19(27)24-21-25-23-11-29-21)26-10-16-3-2-14(9-17(16)20(26)28)13-4-5-18-15(8-13)6-7-22-18/h2-9,11-12,22H,10H2,1H3,(H,24,25,27)/t12-/m1/s1. The van der Waals surface area contributed by atoms with Crippen molar-refractivity contribution in [3.05, 3.63) is 65.3 Å². The molecule has 0 bridgehead atoms. The van der Waals surface area contributed by atoms with E-state index in [1.165, 1.54) is 11.3 Å². The Morgan fingerprint density at radius 1 is 1.21 bits per heavy atom. The van der Waals surface area contributed by atoms with Crippen molar-refractivity contribution in [2.45, 2.75) is 19.5 Å². The van der Waals surface area contributed by atoms with Gasteiger partial charge in [0.05, 0.1) is 0 Å². The van der Waals surface area contributed by atoms with E-state index < -0.39 is 6.04 Å². The zero-order valence-electron chi connectivity index (χ0n) is 15.5. The van der Waals surface area contributed by atoms with Crippen molar-refractivity contribution in [2.24, 2.45) is 0 Å². The Kier molecular flexibility index (Phi) is 4.13. The molecule has 0 radical (unpaired) electrons. The van der Waals surface area contributed by atoms with Crippen LogP contribution in [0, 0.1) is 0 Å². The number of nitrogens with zero attached hydrogens (tertiary/aromatic N) is 3. The third-order valence-electron chi connectivity index (χ3n) is 5.27. The van der Waals surface area contributed by atoms with E-state index in [1.807, 2.05) is 42.6 Å². The Hall–Kier alpha value is -3.52. The molecule has 1 aliphatic heterocycles. The van der Waals surface area contributed by atoms with Crippen molar-refractivity contribution in [2.75, 3.05) is 5.32 Å². The molecule has 0 spiro atoms. The normalized spacial score (nSPS) is 14.2. The van der Waals surface area contributed by atoms with Crippen molar-refractivity contribution in [1.82, 2.24) is 20.1 Å². The molecule has 2 aromatic heterocycles. The van der Waals surface area contributed by atoms with Crippen molar-refractivity contribution in [1.29, 1.82) is 0 Å². The largest absolute Gasteiger partial charge is 0.361 e. The maximum atomic E-state index is 13.0. The maximum absolute atomic E-state index is 13.0. The van der Waals surface area contributed by atoms with Gasteiger partial charge >= 0.3 is 0 Å². The summed E-state index contributed by atoms with van der Waals surface area (Å²) in [4.78, 5) is 30.3. The van der Waals surface area contributed by atoms with Gasteiger partial charge in [0.1, 0.15) is 11.6 Å². The number of hydrogen-bond donors (Lipinski definition) is 2. The minimum atomic E-state index is -0.613. The van der Waals surface area contributed by atoms with E-state index in [0.717, 1.165) is 27.6 Å². The van der Waals surface area contributed by atoms with E-state index in [9.17, 15) is 9.59 Å². The summed E-state index contributed by atoms with van der Waals surface area (Å²) in [5, 5.41) is 11.8. The second-order valence-electron chi connectivity index (χ2n) is 6.99. The van der Waals surface area contributed by atoms with Crippen LogP contribution in [0.3, 0.4) is 0 Å². The molecular weight excluding hydrogens is 386 g/mol. The second kappa shape index (κ2) is 6.82. The Labute approximate surface area is 170 Å². The highest BCUT2D eigenvalue weighted by atomic mass is 32.1. The summed E-state index contributed by atoms with van der Waals surface area (Å²) in [6, 6.07) is 13.5. The number of H-pyrrole nitrogens is 1. The summed E-state index contributed by atoms with van der Waals surface area (Å²) in [6.45, 7) is 2.14. The summed E-state index contributed by atoms with van der Waals surface area (Å²) in [6.07, 6.45) is 1.91. The molecule has 0 unspecified atom stereocenters. The predicted octanol–water partition coefficient (Wildman–Crippen LogP) is 3.67. The van der Waals surface area contributed by atoms with Crippen LogP contribution in [0.4, 0.5) is 5.13 Å². The molecule has 0 fully saturated rings. The van der Waals surface area contributed by atoms with Crippen LogP contribution >= 0.6 is 11.3 Å². The monoisotopic (exact) mass is 403 g/mol. The number of carbonyl (C=O) groups is 2. The number of benzene rings is 2. The molecule has 2 N–H and O–H groups in total.